The van der Waals surface area contributed by atoms with Crippen molar-refractivity contribution < 1.29 is 8.42 Å². The van der Waals surface area contributed by atoms with Crippen LogP contribution in [0.1, 0.15) is 17.7 Å². The third-order valence-electron chi connectivity index (χ3n) is 4.52. The van der Waals surface area contributed by atoms with Crippen LogP contribution in [-0.4, -0.2) is 49.5 Å². The lowest BCUT2D eigenvalue weighted by Crippen LogP contribution is -2.34. The Morgan fingerprint density at radius 3 is 2.81 bits per heavy atom. The summed E-state index contributed by atoms with van der Waals surface area (Å²) in [5.74, 6) is 1.69. The van der Waals surface area contributed by atoms with Gasteiger partial charge >= 0.3 is 0 Å². The molecule has 140 valence electrons. The first-order valence-electron chi connectivity index (χ1n) is 8.60. The maximum Gasteiger partial charge on any atom is 0.227 e. The van der Waals surface area contributed by atoms with E-state index in [1.807, 2.05) is 49.2 Å². The van der Waals surface area contributed by atoms with Gasteiger partial charge < -0.3 is 10.2 Å². The van der Waals surface area contributed by atoms with E-state index < -0.39 is 9.84 Å². The molecule has 0 saturated carbocycles. The minimum atomic E-state index is -2.94. The van der Waals surface area contributed by atoms with E-state index in [4.69, 9.17) is 11.6 Å². The van der Waals surface area contributed by atoms with E-state index in [2.05, 4.69) is 15.3 Å². The smallest absolute Gasteiger partial charge is 0.227 e. The minimum Gasteiger partial charge on any atom is -0.370 e. The Balaban J connectivity index is 1.65. The molecule has 1 aliphatic rings. The molecule has 6 nitrogen and oxygen atoms in total. The van der Waals surface area contributed by atoms with Gasteiger partial charge in [0.2, 0.25) is 5.95 Å². The van der Waals surface area contributed by atoms with E-state index >= 15 is 0 Å². The number of anilines is 2. The Morgan fingerprint density at radius 2 is 2.12 bits per heavy atom. The number of benzene rings is 1. The van der Waals surface area contributed by atoms with Gasteiger partial charge in [-0.15, -0.1) is 0 Å². The largest absolute Gasteiger partial charge is 0.370 e. The Kier molecular flexibility index (Phi) is 5.67. The van der Waals surface area contributed by atoms with Gasteiger partial charge in [0.25, 0.3) is 0 Å². The molecule has 1 unspecified atom stereocenters. The number of nitrogens with zero attached hydrogens (tertiary/aromatic N) is 3. The van der Waals surface area contributed by atoms with Crippen molar-refractivity contribution in [3.63, 3.8) is 0 Å². The summed E-state index contributed by atoms with van der Waals surface area (Å²) in [5.41, 5.74) is 2.00. The van der Waals surface area contributed by atoms with Crippen LogP contribution in [-0.2, 0) is 16.3 Å². The molecule has 3 rings (SSSR count). The third-order valence-corrected chi connectivity index (χ3v) is 6.51. The van der Waals surface area contributed by atoms with E-state index in [1.54, 1.807) is 0 Å². The Hall–Kier alpha value is -1.86. The third kappa shape index (κ3) is 4.86. The van der Waals surface area contributed by atoms with E-state index in [-0.39, 0.29) is 17.5 Å². The molecule has 2 aromatic rings. The van der Waals surface area contributed by atoms with Crippen LogP contribution in [0.3, 0.4) is 0 Å². The standard InChI is InChI=1S/C18H23ClN4O2S/c1-13-10-17(20-8-6-14-4-3-5-15(19)11-14)22-18(21-13)23(2)16-7-9-26(24,25)12-16/h3-5,10-11,16H,6-9,12H2,1-2H3,(H,20,21,22). The predicted molar refractivity (Wildman–Crippen MR) is 106 cm³/mol. The van der Waals surface area contributed by atoms with Crippen LogP contribution in [0.25, 0.3) is 0 Å². The van der Waals surface area contributed by atoms with Crippen LogP contribution in [0, 0.1) is 6.92 Å². The molecule has 0 amide bonds. The summed E-state index contributed by atoms with van der Waals surface area (Å²) in [7, 11) is -1.08. The molecule has 0 spiro atoms. The minimum absolute atomic E-state index is 0.0684. The molecule has 1 saturated heterocycles. The highest BCUT2D eigenvalue weighted by Crippen LogP contribution is 2.22. The first-order valence-corrected chi connectivity index (χ1v) is 10.8. The summed E-state index contributed by atoms with van der Waals surface area (Å²) in [6, 6.07) is 9.61. The Labute approximate surface area is 159 Å². The fraction of sp³-hybridized carbons (Fsp3) is 0.444. The highest BCUT2D eigenvalue weighted by molar-refractivity contribution is 7.91. The van der Waals surface area contributed by atoms with Crippen molar-refractivity contribution in [3.05, 3.63) is 46.6 Å². The number of rotatable bonds is 6. The SMILES string of the molecule is Cc1cc(NCCc2cccc(Cl)c2)nc(N(C)C2CCS(=O)(=O)C2)n1. The van der Waals surface area contributed by atoms with Crippen molar-refractivity contribution in [1.82, 2.24) is 9.97 Å². The number of hydrogen-bond donors (Lipinski definition) is 1. The van der Waals surface area contributed by atoms with Gasteiger partial charge in [0.15, 0.2) is 9.84 Å². The second kappa shape index (κ2) is 7.80. The average Bonchev–Trinajstić information content (AvgIpc) is 2.94. The van der Waals surface area contributed by atoms with E-state index in [9.17, 15) is 8.42 Å². The number of halogens is 1. The first kappa shape index (κ1) is 18.9. The summed E-state index contributed by atoms with van der Waals surface area (Å²) in [6.45, 7) is 2.63. The summed E-state index contributed by atoms with van der Waals surface area (Å²) in [6.07, 6.45) is 1.45. The molecular weight excluding hydrogens is 372 g/mol. The second-order valence-corrected chi connectivity index (χ2v) is 9.33. The molecular formula is C18H23ClN4O2S. The second-order valence-electron chi connectivity index (χ2n) is 6.67. The zero-order chi connectivity index (χ0) is 18.7. The zero-order valence-electron chi connectivity index (χ0n) is 14.9. The van der Waals surface area contributed by atoms with E-state index in [0.717, 1.165) is 35.1 Å². The van der Waals surface area contributed by atoms with Gasteiger partial charge in [-0.25, -0.2) is 13.4 Å². The van der Waals surface area contributed by atoms with Crippen molar-refractivity contribution >= 4 is 33.2 Å². The highest BCUT2D eigenvalue weighted by atomic mass is 35.5. The molecule has 26 heavy (non-hydrogen) atoms. The predicted octanol–water partition coefficient (Wildman–Crippen LogP) is 2.72. The van der Waals surface area contributed by atoms with Gasteiger partial charge in [-0.05, 0) is 37.5 Å². The molecule has 1 N–H and O–H groups in total. The number of aromatic nitrogens is 2. The Bertz CT molecular complexity index is 889. The lowest BCUT2D eigenvalue weighted by molar-refractivity contribution is 0.600. The van der Waals surface area contributed by atoms with Gasteiger partial charge in [0.05, 0.1) is 11.5 Å². The molecule has 1 fully saturated rings. The summed E-state index contributed by atoms with van der Waals surface area (Å²) in [5, 5.41) is 4.05. The fourth-order valence-corrected chi connectivity index (χ4v) is 5.06. The number of aryl methyl sites for hydroxylation is 1. The maximum atomic E-state index is 11.7. The van der Waals surface area contributed by atoms with Crippen LogP contribution >= 0.6 is 11.6 Å². The topological polar surface area (TPSA) is 75.2 Å². The van der Waals surface area contributed by atoms with Gasteiger partial charge in [0, 0.05) is 36.4 Å². The number of hydrogen-bond acceptors (Lipinski definition) is 6. The van der Waals surface area contributed by atoms with Crippen molar-refractivity contribution in [2.24, 2.45) is 0 Å². The van der Waals surface area contributed by atoms with Gasteiger partial charge in [-0.1, -0.05) is 23.7 Å². The summed E-state index contributed by atoms with van der Waals surface area (Å²) >= 11 is 6.01. The van der Waals surface area contributed by atoms with Crippen LogP contribution in [0.5, 0.6) is 0 Å². The normalized spacial score (nSPS) is 18.7. The molecule has 1 aromatic heterocycles. The molecule has 0 aliphatic carbocycles. The molecule has 8 heteroatoms. The lowest BCUT2D eigenvalue weighted by atomic mass is 10.1. The quantitative estimate of drug-likeness (QED) is 0.811. The van der Waals surface area contributed by atoms with Gasteiger partial charge in [0.1, 0.15) is 5.82 Å². The van der Waals surface area contributed by atoms with E-state index in [1.165, 1.54) is 0 Å². The van der Waals surface area contributed by atoms with Crippen molar-refractivity contribution in [3.8, 4) is 0 Å². The summed E-state index contributed by atoms with van der Waals surface area (Å²) < 4.78 is 23.4. The monoisotopic (exact) mass is 394 g/mol. The number of nitrogens with one attached hydrogen (secondary N) is 1. The van der Waals surface area contributed by atoms with Gasteiger partial charge in [-0.3, -0.25) is 0 Å². The lowest BCUT2D eigenvalue weighted by Gasteiger charge is -2.24. The number of sulfone groups is 1. The van der Waals surface area contributed by atoms with Crippen molar-refractivity contribution in [2.45, 2.75) is 25.8 Å². The van der Waals surface area contributed by atoms with Crippen molar-refractivity contribution in [1.29, 1.82) is 0 Å². The molecule has 1 aliphatic heterocycles. The first-order chi connectivity index (χ1) is 12.3. The molecule has 2 heterocycles. The van der Waals surface area contributed by atoms with Crippen molar-refractivity contribution in [2.75, 3.05) is 35.3 Å². The van der Waals surface area contributed by atoms with Crippen LogP contribution in [0.2, 0.25) is 5.02 Å². The summed E-state index contributed by atoms with van der Waals surface area (Å²) in [4.78, 5) is 10.9. The molecule has 1 aromatic carbocycles. The Morgan fingerprint density at radius 1 is 1.31 bits per heavy atom. The van der Waals surface area contributed by atoms with E-state index in [0.29, 0.717) is 12.4 Å². The van der Waals surface area contributed by atoms with Gasteiger partial charge in [-0.2, -0.15) is 4.98 Å². The average molecular weight is 395 g/mol. The molecule has 0 bridgehead atoms. The van der Waals surface area contributed by atoms with Crippen LogP contribution in [0.4, 0.5) is 11.8 Å². The molecule has 1 atom stereocenters. The maximum absolute atomic E-state index is 11.7. The highest BCUT2D eigenvalue weighted by Gasteiger charge is 2.31. The van der Waals surface area contributed by atoms with Crippen LogP contribution < -0.4 is 10.2 Å². The van der Waals surface area contributed by atoms with Crippen LogP contribution in [0.15, 0.2) is 30.3 Å². The fourth-order valence-electron chi connectivity index (χ4n) is 3.07. The molecule has 0 radical (unpaired) electrons. The zero-order valence-corrected chi connectivity index (χ0v) is 16.5.